The molecule has 0 aliphatic carbocycles. The lowest BCUT2D eigenvalue weighted by molar-refractivity contribution is -0.117. The zero-order chi connectivity index (χ0) is 21.6. The van der Waals surface area contributed by atoms with Gasteiger partial charge in [-0.1, -0.05) is 0 Å². The van der Waals surface area contributed by atoms with Crippen LogP contribution in [0.2, 0.25) is 0 Å². The minimum absolute atomic E-state index is 0.147. The van der Waals surface area contributed by atoms with E-state index in [1.807, 2.05) is 9.80 Å². The highest BCUT2D eigenvalue weighted by Gasteiger charge is 2.21. The minimum atomic E-state index is -0.344. The fourth-order valence-electron chi connectivity index (χ4n) is 3.21. The first-order valence-corrected chi connectivity index (χ1v) is 9.84. The normalized spacial score (nSPS) is 14.3. The summed E-state index contributed by atoms with van der Waals surface area (Å²) in [5.74, 6) is 0.574. The van der Waals surface area contributed by atoms with Gasteiger partial charge in [0.05, 0.1) is 6.54 Å². The third-order valence-corrected chi connectivity index (χ3v) is 4.80. The number of ether oxygens (including phenoxy) is 1. The Labute approximate surface area is 178 Å². The maximum atomic E-state index is 13.0. The first kappa shape index (κ1) is 20.7. The van der Waals surface area contributed by atoms with Crippen LogP contribution in [-0.4, -0.2) is 53.5 Å². The molecule has 2 aromatic carbocycles. The van der Waals surface area contributed by atoms with Crippen molar-refractivity contribution < 1.29 is 18.3 Å². The largest absolute Gasteiger partial charge is 0.439 e. The van der Waals surface area contributed by atoms with Gasteiger partial charge in [-0.15, -0.1) is 0 Å². The smallest absolute Gasteiger partial charge is 0.238 e. The molecule has 1 aliphatic rings. The Morgan fingerprint density at radius 1 is 0.935 bits per heavy atom. The van der Waals surface area contributed by atoms with Gasteiger partial charge in [0.25, 0.3) is 0 Å². The number of nitrogens with zero attached hydrogens (tertiary/aromatic N) is 4. The van der Waals surface area contributed by atoms with Crippen LogP contribution in [0.4, 0.5) is 20.4 Å². The average Bonchev–Trinajstić information content (AvgIpc) is 2.78. The molecule has 9 heteroatoms. The summed E-state index contributed by atoms with van der Waals surface area (Å²) in [5.41, 5.74) is 0.566. The number of carbonyl (C=O) groups is 1. The van der Waals surface area contributed by atoms with E-state index in [2.05, 4.69) is 15.3 Å². The van der Waals surface area contributed by atoms with Crippen LogP contribution in [-0.2, 0) is 4.79 Å². The number of benzene rings is 2. The lowest BCUT2D eigenvalue weighted by atomic mass is 10.3. The zero-order valence-electron chi connectivity index (χ0n) is 16.7. The lowest BCUT2D eigenvalue weighted by Crippen LogP contribution is -2.49. The monoisotopic (exact) mass is 425 g/mol. The van der Waals surface area contributed by atoms with Gasteiger partial charge in [-0.3, -0.25) is 9.69 Å². The maximum Gasteiger partial charge on any atom is 0.238 e. The number of hydrogen-bond acceptors (Lipinski definition) is 6. The van der Waals surface area contributed by atoms with Gasteiger partial charge in [0.2, 0.25) is 17.7 Å². The lowest BCUT2D eigenvalue weighted by Gasteiger charge is -2.34. The number of anilines is 2. The van der Waals surface area contributed by atoms with E-state index in [1.165, 1.54) is 48.5 Å². The molecule has 3 aromatic rings. The number of piperazine rings is 1. The Hall–Kier alpha value is -3.59. The molecule has 0 atom stereocenters. The molecule has 2 heterocycles. The standard InChI is InChI=1S/C22H21F2N5O2/c23-16-1-5-18(6-2-16)26-20(30)15-28-11-13-29(14-12-28)22-25-10-9-21(27-22)31-19-7-3-17(24)4-8-19/h1-10H,11-15H2,(H,26,30). The summed E-state index contributed by atoms with van der Waals surface area (Å²) in [7, 11) is 0. The van der Waals surface area contributed by atoms with E-state index in [0.29, 0.717) is 49.4 Å². The van der Waals surface area contributed by atoms with Crippen LogP contribution in [0.25, 0.3) is 0 Å². The topological polar surface area (TPSA) is 70.6 Å². The second-order valence-corrected chi connectivity index (χ2v) is 7.07. The van der Waals surface area contributed by atoms with E-state index in [0.717, 1.165) is 0 Å². The molecule has 1 aliphatic heterocycles. The van der Waals surface area contributed by atoms with Crippen LogP contribution >= 0.6 is 0 Å². The van der Waals surface area contributed by atoms with Crippen molar-refractivity contribution >= 4 is 17.5 Å². The molecule has 0 radical (unpaired) electrons. The van der Waals surface area contributed by atoms with Crippen LogP contribution in [0, 0.1) is 11.6 Å². The summed E-state index contributed by atoms with van der Waals surface area (Å²) in [6.07, 6.45) is 1.61. The molecule has 0 saturated carbocycles. The van der Waals surface area contributed by atoms with Crippen LogP contribution in [0.5, 0.6) is 11.6 Å². The van der Waals surface area contributed by atoms with E-state index >= 15 is 0 Å². The predicted molar refractivity (Wildman–Crippen MR) is 112 cm³/mol. The molecule has 7 nitrogen and oxygen atoms in total. The zero-order valence-corrected chi connectivity index (χ0v) is 16.7. The highest BCUT2D eigenvalue weighted by Crippen LogP contribution is 2.21. The van der Waals surface area contributed by atoms with Gasteiger partial charge in [0, 0.05) is 44.1 Å². The van der Waals surface area contributed by atoms with E-state index in [4.69, 9.17) is 4.74 Å². The van der Waals surface area contributed by atoms with Crippen LogP contribution in [0.15, 0.2) is 60.8 Å². The highest BCUT2D eigenvalue weighted by molar-refractivity contribution is 5.92. The first-order valence-electron chi connectivity index (χ1n) is 9.84. The van der Waals surface area contributed by atoms with Gasteiger partial charge >= 0.3 is 0 Å². The van der Waals surface area contributed by atoms with Crippen molar-refractivity contribution in [3.05, 3.63) is 72.4 Å². The third-order valence-electron chi connectivity index (χ3n) is 4.80. The Kier molecular flexibility index (Phi) is 6.32. The van der Waals surface area contributed by atoms with Crippen molar-refractivity contribution in [2.75, 3.05) is 42.9 Å². The SMILES string of the molecule is O=C(CN1CCN(c2nccc(Oc3ccc(F)cc3)n2)CC1)Nc1ccc(F)cc1. The number of halogens is 2. The molecule has 0 spiro atoms. The number of aromatic nitrogens is 2. The quantitative estimate of drug-likeness (QED) is 0.654. The van der Waals surface area contributed by atoms with E-state index in [9.17, 15) is 13.6 Å². The minimum Gasteiger partial charge on any atom is -0.439 e. The fraction of sp³-hybridized carbons (Fsp3) is 0.227. The second kappa shape index (κ2) is 9.48. The Balaban J connectivity index is 1.28. The summed E-state index contributed by atoms with van der Waals surface area (Å²) in [5, 5.41) is 2.77. The van der Waals surface area contributed by atoms with Gasteiger partial charge in [0.15, 0.2) is 0 Å². The summed E-state index contributed by atoms with van der Waals surface area (Å²) >= 11 is 0. The first-order chi connectivity index (χ1) is 15.0. The second-order valence-electron chi connectivity index (χ2n) is 7.07. The van der Waals surface area contributed by atoms with Crippen molar-refractivity contribution in [1.29, 1.82) is 0 Å². The van der Waals surface area contributed by atoms with Crippen molar-refractivity contribution in [2.45, 2.75) is 0 Å². The Morgan fingerprint density at radius 2 is 1.58 bits per heavy atom. The van der Waals surface area contributed by atoms with Crippen LogP contribution in [0.3, 0.4) is 0 Å². The van der Waals surface area contributed by atoms with Crippen molar-refractivity contribution in [2.24, 2.45) is 0 Å². The molecule has 1 saturated heterocycles. The molecular weight excluding hydrogens is 404 g/mol. The molecule has 1 amide bonds. The molecule has 31 heavy (non-hydrogen) atoms. The van der Waals surface area contributed by atoms with Crippen molar-refractivity contribution in [3.8, 4) is 11.6 Å². The maximum absolute atomic E-state index is 13.0. The summed E-state index contributed by atoms with van der Waals surface area (Å²) in [4.78, 5) is 25.0. The summed E-state index contributed by atoms with van der Waals surface area (Å²) < 4.78 is 31.7. The van der Waals surface area contributed by atoms with Gasteiger partial charge in [0.1, 0.15) is 17.4 Å². The molecule has 1 fully saturated rings. The number of amides is 1. The Morgan fingerprint density at radius 3 is 2.26 bits per heavy atom. The van der Waals surface area contributed by atoms with Crippen molar-refractivity contribution in [1.82, 2.24) is 14.9 Å². The van der Waals surface area contributed by atoms with Crippen LogP contribution in [0.1, 0.15) is 0 Å². The third kappa shape index (κ3) is 5.73. The van der Waals surface area contributed by atoms with E-state index < -0.39 is 0 Å². The Bertz CT molecular complexity index is 1020. The summed E-state index contributed by atoms with van der Waals surface area (Å²) in [6.45, 7) is 2.90. The number of hydrogen-bond donors (Lipinski definition) is 1. The molecular formula is C22H21F2N5O2. The molecule has 0 bridgehead atoms. The molecule has 1 aromatic heterocycles. The number of nitrogens with one attached hydrogen (secondary N) is 1. The average molecular weight is 425 g/mol. The van der Waals surface area contributed by atoms with E-state index in [1.54, 1.807) is 12.3 Å². The van der Waals surface area contributed by atoms with Crippen molar-refractivity contribution in [3.63, 3.8) is 0 Å². The molecule has 4 rings (SSSR count). The molecule has 0 unspecified atom stereocenters. The van der Waals surface area contributed by atoms with Crippen LogP contribution < -0.4 is 15.0 Å². The highest BCUT2D eigenvalue weighted by atomic mass is 19.1. The van der Waals surface area contributed by atoms with Gasteiger partial charge in [-0.25, -0.2) is 13.8 Å². The van der Waals surface area contributed by atoms with Gasteiger partial charge < -0.3 is 15.0 Å². The fourth-order valence-corrected chi connectivity index (χ4v) is 3.21. The van der Waals surface area contributed by atoms with Gasteiger partial charge in [-0.05, 0) is 48.5 Å². The number of carbonyl (C=O) groups excluding carboxylic acids is 1. The summed E-state index contributed by atoms with van der Waals surface area (Å²) in [6, 6.07) is 13.0. The van der Waals surface area contributed by atoms with Gasteiger partial charge in [-0.2, -0.15) is 4.98 Å². The van der Waals surface area contributed by atoms with E-state index in [-0.39, 0.29) is 24.1 Å². The number of rotatable bonds is 6. The molecule has 1 N–H and O–H groups in total. The molecule has 160 valence electrons. The predicted octanol–water partition coefficient (Wildman–Crippen LogP) is 3.31.